The number of anilines is 1. The number of hydrogen-bond acceptors (Lipinski definition) is 5. The molecule has 0 bridgehead atoms. The molecule has 2 aromatic heterocycles. The van der Waals surface area contributed by atoms with Crippen LogP contribution in [0.25, 0.3) is 0 Å². The molecule has 0 radical (unpaired) electrons. The lowest BCUT2D eigenvalue weighted by Gasteiger charge is -2.06. The van der Waals surface area contributed by atoms with Crippen molar-refractivity contribution < 1.29 is 14.0 Å². The summed E-state index contributed by atoms with van der Waals surface area (Å²) in [5.41, 5.74) is 4.82. The quantitative estimate of drug-likeness (QED) is 0.547. The minimum Gasteiger partial charge on any atom is -0.459 e. The summed E-state index contributed by atoms with van der Waals surface area (Å²) in [6.07, 6.45) is 2.98. The first-order chi connectivity index (χ1) is 12.6. The van der Waals surface area contributed by atoms with E-state index >= 15 is 0 Å². The molecule has 2 heterocycles. The second-order valence-corrected chi connectivity index (χ2v) is 5.36. The predicted octanol–water partition coefficient (Wildman–Crippen LogP) is 3.08. The van der Waals surface area contributed by atoms with Crippen LogP contribution in [0.4, 0.5) is 5.69 Å². The number of carbonyl (C=O) groups is 2. The van der Waals surface area contributed by atoms with Crippen LogP contribution in [-0.2, 0) is 0 Å². The Hall–Kier alpha value is -3.74. The highest BCUT2D eigenvalue weighted by Gasteiger charge is 2.09. The summed E-state index contributed by atoms with van der Waals surface area (Å²) in [7, 11) is 0. The van der Waals surface area contributed by atoms with Crippen LogP contribution in [0, 0.1) is 0 Å². The van der Waals surface area contributed by atoms with Gasteiger partial charge in [-0.2, -0.15) is 5.10 Å². The Labute approximate surface area is 149 Å². The molecule has 0 aliphatic heterocycles. The summed E-state index contributed by atoms with van der Waals surface area (Å²) in [5.74, 6) is -0.466. The van der Waals surface area contributed by atoms with Gasteiger partial charge in [0.2, 0.25) is 0 Å². The van der Waals surface area contributed by atoms with E-state index in [2.05, 4.69) is 20.8 Å². The van der Waals surface area contributed by atoms with Gasteiger partial charge in [0.1, 0.15) is 5.69 Å². The zero-order chi connectivity index (χ0) is 18.4. The second kappa shape index (κ2) is 7.89. The molecular weight excluding hydrogens is 332 g/mol. The topological polar surface area (TPSA) is 96.6 Å². The lowest BCUT2D eigenvalue weighted by Crippen LogP contribution is -2.20. The van der Waals surface area contributed by atoms with E-state index in [1.807, 2.05) is 0 Å². The number of furan rings is 1. The average molecular weight is 348 g/mol. The Balaban J connectivity index is 1.62. The van der Waals surface area contributed by atoms with Gasteiger partial charge >= 0.3 is 0 Å². The number of pyridine rings is 1. The summed E-state index contributed by atoms with van der Waals surface area (Å²) in [6.45, 7) is 1.77. The minimum absolute atomic E-state index is 0.240. The minimum atomic E-state index is -0.382. The summed E-state index contributed by atoms with van der Waals surface area (Å²) in [6, 6.07) is 15.4. The van der Waals surface area contributed by atoms with Crippen molar-refractivity contribution in [2.24, 2.45) is 5.10 Å². The molecule has 26 heavy (non-hydrogen) atoms. The zero-order valence-electron chi connectivity index (χ0n) is 14.0. The van der Waals surface area contributed by atoms with Crippen molar-refractivity contribution in [3.8, 4) is 0 Å². The zero-order valence-corrected chi connectivity index (χ0v) is 14.0. The monoisotopic (exact) mass is 348 g/mol. The number of carbonyl (C=O) groups excluding carboxylic acids is 2. The van der Waals surface area contributed by atoms with Gasteiger partial charge in [-0.15, -0.1) is 0 Å². The highest BCUT2D eigenvalue weighted by molar-refractivity contribution is 6.03. The van der Waals surface area contributed by atoms with E-state index in [0.717, 1.165) is 5.56 Å². The molecule has 130 valence electrons. The fraction of sp³-hybridized carbons (Fsp3) is 0.0526. The third-order valence-corrected chi connectivity index (χ3v) is 3.53. The molecule has 0 aliphatic rings. The fourth-order valence-electron chi connectivity index (χ4n) is 2.15. The van der Waals surface area contributed by atoms with Crippen LogP contribution in [0.15, 0.2) is 76.6 Å². The maximum atomic E-state index is 11.9. The molecule has 0 aliphatic carbocycles. The third kappa shape index (κ3) is 4.21. The van der Waals surface area contributed by atoms with Crippen LogP contribution < -0.4 is 10.7 Å². The van der Waals surface area contributed by atoms with E-state index in [-0.39, 0.29) is 17.6 Å². The van der Waals surface area contributed by atoms with E-state index in [1.165, 1.54) is 6.26 Å². The lowest BCUT2D eigenvalue weighted by molar-refractivity contribution is 0.0948. The Morgan fingerprint density at radius 2 is 1.81 bits per heavy atom. The second-order valence-electron chi connectivity index (χ2n) is 5.36. The lowest BCUT2D eigenvalue weighted by atomic mass is 10.1. The van der Waals surface area contributed by atoms with Gasteiger partial charge < -0.3 is 9.73 Å². The largest absolute Gasteiger partial charge is 0.459 e. The van der Waals surface area contributed by atoms with E-state index in [9.17, 15) is 9.59 Å². The van der Waals surface area contributed by atoms with E-state index in [1.54, 1.807) is 67.7 Å². The molecule has 0 spiro atoms. The molecule has 7 nitrogen and oxygen atoms in total. The molecule has 0 atom stereocenters. The molecule has 1 aromatic carbocycles. The number of nitrogens with zero attached hydrogens (tertiary/aromatic N) is 2. The van der Waals surface area contributed by atoms with E-state index < -0.39 is 0 Å². The Morgan fingerprint density at radius 1 is 1.00 bits per heavy atom. The maximum Gasteiger partial charge on any atom is 0.291 e. The first-order valence-corrected chi connectivity index (χ1v) is 7.84. The number of hydrogen-bond donors (Lipinski definition) is 2. The number of amides is 2. The molecule has 0 saturated carbocycles. The van der Waals surface area contributed by atoms with Gasteiger partial charge in [-0.3, -0.25) is 14.6 Å². The van der Waals surface area contributed by atoms with Gasteiger partial charge in [-0.05, 0) is 48.9 Å². The predicted molar refractivity (Wildman–Crippen MR) is 97.0 cm³/mol. The van der Waals surface area contributed by atoms with E-state index in [4.69, 9.17) is 4.42 Å². The van der Waals surface area contributed by atoms with Crippen molar-refractivity contribution >= 4 is 23.2 Å². The first-order valence-electron chi connectivity index (χ1n) is 7.84. The molecular formula is C19H16N4O3. The summed E-state index contributed by atoms with van der Waals surface area (Å²) < 4.78 is 5.04. The van der Waals surface area contributed by atoms with Crippen molar-refractivity contribution in [2.75, 3.05) is 5.32 Å². The van der Waals surface area contributed by atoms with Crippen molar-refractivity contribution in [2.45, 2.75) is 6.92 Å². The molecule has 3 aromatic rings. The molecule has 7 heteroatoms. The SMILES string of the molecule is C/C(=N\NC(=O)c1ccccn1)c1ccc(NC(=O)c2ccco2)cc1. The number of rotatable bonds is 5. The molecule has 2 amide bonds. The highest BCUT2D eigenvalue weighted by Crippen LogP contribution is 2.12. The molecule has 0 saturated heterocycles. The van der Waals surface area contributed by atoms with Gasteiger partial charge in [-0.25, -0.2) is 5.43 Å². The fourth-order valence-corrected chi connectivity index (χ4v) is 2.15. The third-order valence-electron chi connectivity index (χ3n) is 3.53. The molecule has 0 fully saturated rings. The number of hydrazone groups is 1. The number of nitrogens with one attached hydrogen (secondary N) is 2. The van der Waals surface area contributed by atoms with Crippen LogP contribution in [0.2, 0.25) is 0 Å². The van der Waals surface area contributed by atoms with Crippen LogP contribution in [0.3, 0.4) is 0 Å². The molecule has 2 N–H and O–H groups in total. The smallest absolute Gasteiger partial charge is 0.291 e. The molecule has 3 rings (SSSR count). The van der Waals surface area contributed by atoms with Crippen molar-refractivity contribution in [3.63, 3.8) is 0 Å². The van der Waals surface area contributed by atoms with Gasteiger partial charge in [-0.1, -0.05) is 18.2 Å². The Kier molecular flexibility index (Phi) is 5.19. The van der Waals surface area contributed by atoms with Crippen molar-refractivity contribution in [3.05, 3.63) is 84.1 Å². The number of aromatic nitrogens is 1. The van der Waals surface area contributed by atoms with Crippen LogP contribution in [0.5, 0.6) is 0 Å². The number of benzene rings is 1. The van der Waals surface area contributed by atoms with Crippen LogP contribution in [0.1, 0.15) is 33.5 Å². The summed E-state index contributed by atoms with van der Waals surface area (Å²) in [5, 5.41) is 6.81. The Bertz CT molecular complexity index is 917. The standard InChI is InChI=1S/C19H16N4O3/c1-13(22-23-18(24)16-5-2-3-11-20-16)14-7-9-15(10-8-14)21-19(25)17-6-4-12-26-17/h2-12H,1H3,(H,21,25)(H,23,24)/b22-13+. The van der Waals surface area contributed by atoms with Gasteiger partial charge in [0.15, 0.2) is 5.76 Å². The van der Waals surface area contributed by atoms with Crippen LogP contribution >= 0.6 is 0 Å². The van der Waals surface area contributed by atoms with E-state index in [0.29, 0.717) is 17.1 Å². The van der Waals surface area contributed by atoms with Gasteiger partial charge in [0.25, 0.3) is 11.8 Å². The Morgan fingerprint density at radius 3 is 2.46 bits per heavy atom. The first kappa shape index (κ1) is 17.1. The van der Waals surface area contributed by atoms with Gasteiger partial charge in [0, 0.05) is 11.9 Å². The van der Waals surface area contributed by atoms with Gasteiger partial charge in [0.05, 0.1) is 12.0 Å². The van der Waals surface area contributed by atoms with Crippen LogP contribution in [-0.4, -0.2) is 22.5 Å². The normalized spacial score (nSPS) is 11.0. The summed E-state index contributed by atoms with van der Waals surface area (Å²) >= 11 is 0. The van der Waals surface area contributed by atoms with Crippen molar-refractivity contribution in [1.82, 2.24) is 10.4 Å². The molecule has 0 unspecified atom stereocenters. The van der Waals surface area contributed by atoms with Crippen molar-refractivity contribution in [1.29, 1.82) is 0 Å². The maximum absolute atomic E-state index is 11.9. The highest BCUT2D eigenvalue weighted by atomic mass is 16.3. The average Bonchev–Trinajstić information content (AvgIpc) is 3.22. The summed E-state index contributed by atoms with van der Waals surface area (Å²) in [4.78, 5) is 27.8.